The summed E-state index contributed by atoms with van der Waals surface area (Å²) in [7, 11) is -1.41. The van der Waals surface area contributed by atoms with Crippen molar-refractivity contribution in [3.63, 3.8) is 0 Å². The van der Waals surface area contributed by atoms with Gasteiger partial charge in [0.1, 0.15) is 0 Å². The summed E-state index contributed by atoms with van der Waals surface area (Å²) < 4.78 is 9.86. The first-order chi connectivity index (χ1) is 39.7. The van der Waals surface area contributed by atoms with Crippen LogP contribution in [0.5, 0.6) is 0 Å². The molecule has 1 fully saturated rings. The van der Waals surface area contributed by atoms with Gasteiger partial charge in [-0.15, -0.1) is 22.7 Å². The molecule has 3 radical (unpaired) electrons. The lowest BCUT2D eigenvalue weighted by Crippen LogP contribution is -2.29. The molecule has 1 aliphatic rings. The molecular formula is C66H46B2Cl3N6O3S2. The summed E-state index contributed by atoms with van der Waals surface area (Å²) >= 11 is 21.7. The van der Waals surface area contributed by atoms with Crippen LogP contribution in [0.2, 0.25) is 15.3 Å². The van der Waals surface area contributed by atoms with E-state index in [0.717, 1.165) is 68.0 Å². The van der Waals surface area contributed by atoms with Crippen molar-refractivity contribution >= 4 is 140 Å². The third kappa shape index (κ3) is 12.1. The summed E-state index contributed by atoms with van der Waals surface area (Å²) in [5.74, 6) is 3.10. The molecule has 9 nitrogen and oxygen atoms in total. The van der Waals surface area contributed by atoms with E-state index in [1.165, 1.54) is 47.8 Å². The Morgan fingerprint density at radius 3 is 1.21 bits per heavy atom. The predicted octanol–water partition coefficient (Wildman–Crippen LogP) is 16.9. The van der Waals surface area contributed by atoms with Crippen LogP contribution < -0.4 is 5.46 Å². The van der Waals surface area contributed by atoms with E-state index in [1.807, 2.05) is 66.7 Å². The first kappa shape index (κ1) is 55.9. The molecule has 1 aliphatic heterocycles. The number of rotatable bonds is 6. The molecule has 4 aromatic heterocycles. The van der Waals surface area contributed by atoms with Crippen molar-refractivity contribution in [2.75, 3.05) is 13.2 Å². The van der Waals surface area contributed by atoms with Gasteiger partial charge >= 0.3 is 7.12 Å². The molecule has 0 bridgehead atoms. The monoisotopic (exact) mass is 1160 g/mol. The molecule has 0 amide bonds. The normalized spacial score (nSPS) is 11.9. The zero-order valence-electron chi connectivity index (χ0n) is 43.7. The van der Waals surface area contributed by atoms with Gasteiger partial charge in [0.15, 0.2) is 29.1 Å². The van der Waals surface area contributed by atoms with Crippen molar-refractivity contribution in [3.8, 4) is 56.9 Å². The number of benzene rings is 10. The number of hydrogen-bond donors (Lipinski definition) is 2. The van der Waals surface area contributed by atoms with Crippen molar-refractivity contribution in [1.82, 2.24) is 29.9 Å². The molecule has 5 heterocycles. The number of halogens is 3. The number of hydrogen-bond acceptors (Lipinski definition) is 11. The highest BCUT2D eigenvalue weighted by Gasteiger charge is 2.20. The van der Waals surface area contributed by atoms with Crippen LogP contribution >= 0.6 is 57.5 Å². The Balaban J connectivity index is 0.000000137. The molecule has 82 heavy (non-hydrogen) atoms. The number of fused-ring (bicyclic) bond motifs is 8. The summed E-state index contributed by atoms with van der Waals surface area (Å²) in [6.07, 6.45) is 2.56. The Labute approximate surface area is 498 Å². The minimum absolute atomic E-state index is 0. The van der Waals surface area contributed by atoms with E-state index in [2.05, 4.69) is 137 Å². The second kappa shape index (κ2) is 25.5. The van der Waals surface area contributed by atoms with E-state index in [-0.39, 0.29) is 13.7 Å². The maximum Gasteiger partial charge on any atom is 0.488 e. The van der Waals surface area contributed by atoms with E-state index in [9.17, 15) is 0 Å². The van der Waals surface area contributed by atoms with Gasteiger partial charge < -0.3 is 14.8 Å². The van der Waals surface area contributed by atoms with E-state index in [0.29, 0.717) is 44.6 Å². The molecule has 0 aliphatic carbocycles. The Bertz CT molecular complexity index is 4550. The highest BCUT2D eigenvalue weighted by Crippen LogP contribution is 2.42. The van der Waals surface area contributed by atoms with Crippen LogP contribution in [-0.2, 0) is 4.74 Å². The smallest absolute Gasteiger partial charge is 0.423 e. The van der Waals surface area contributed by atoms with Gasteiger partial charge in [0, 0.05) is 99.8 Å². The Morgan fingerprint density at radius 2 is 0.732 bits per heavy atom. The van der Waals surface area contributed by atoms with Crippen LogP contribution in [0.3, 0.4) is 0 Å². The number of nitrogens with zero attached hydrogens (tertiary/aromatic N) is 6. The molecule has 0 saturated carbocycles. The van der Waals surface area contributed by atoms with Crippen LogP contribution in [0.25, 0.3) is 119 Å². The number of ether oxygens (including phenoxy) is 1. The second-order valence-corrected chi connectivity index (χ2v) is 22.3. The van der Waals surface area contributed by atoms with Gasteiger partial charge in [0.2, 0.25) is 5.28 Å². The fourth-order valence-corrected chi connectivity index (χ4v) is 12.5. The number of aromatic nitrogens is 6. The largest absolute Gasteiger partial charge is 0.488 e. The lowest BCUT2D eigenvalue weighted by atomic mass is 9.81. The topological polar surface area (TPSA) is 127 Å². The molecule has 2 N–H and O–H groups in total. The average Bonchev–Trinajstić information content (AvgIpc) is 4.38. The molecule has 15 rings (SSSR count). The van der Waals surface area contributed by atoms with Gasteiger partial charge in [-0.3, -0.25) is 0 Å². The predicted molar refractivity (Wildman–Crippen MR) is 345 cm³/mol. The van der Waals surface area contributed by atoms with Gasteiger partial charge in [-0.25, -0.2) is 19.9 Å². The van der Waals surface area contributed by atoms with E-state index < -0.39 is 7.12 Å². The summed E-state index contributed by atoms with van der Waals surface area (Å²) in [6.45, 7) is 2.00. The molecule has 0 spiro atoms. The Hall–Kier alpha value is -7.94. The van der Waals surface area contributed by atoms with Gasteiger partial charge in [-0.1, -0.05) is 181 Å². The minimum atomic E-state index is -1.41. The first-order valence-electron chi connectivity index (χ1n) is 26.1. The van der Waals surface area contributed by atoms with E-state index >= 15 is 0 Å². The van der Waals surface area contributed by atoms with Crippen LogP contribution in [0, 0.1) is 0 Å². The molecule has 16 heteroatoms. The minimum Gasteiger partial charge on any atom is -0.423 e. The van der Waals surface area contributed by atoms with Crippen LogP contribution in [0.4, 0.5) is 0 Å². The molecule has 0 atom stereocenters. The summed E-state index contributed by atoms with van der Waals surface area (Å²) in [5, 5.41) is 28.0. The first-order valence-corrected chi connectivity index (χ1v) is 28.9. The highest BCUT2D eigenvalue weighted by molar-refractivity contribution is 7.26. The van der Waals surface area contributed by atoms with Gasteiger partial charge in [0.25, 0.3) is 0 Å². The van der Waals surface area contributed by atoms with Gasteiger partial charge in [-0.2, -0.15) is 9.97 Å². The molecule has 0 unspecified atom stereocenters. The summed E-state index contributed by atoms with van der Waals surface area (Å²) in [6, 6.07) is 72.4. The van der Waals surface area contributed by atoms with Gasteiger partial charge in [-0.05, 0) is 112 Å². The molecule has 14 aromatic rings. The van der Waals surface area contributed by atoms with Crippen molar-refractivity contribution in [2.45, 2.75) is 12.8 Å². The third-order valence-corrected chi connectivity index (χ3v) is 16.6. The van der Waals surface area contributed by atoms with Crippen LogP contribution in [0.15, 0.2) is 218 Å². The van der Waals surface area contributed by atoms with Crippen molar-refractivity contribution < 1.29 is 14.8 Å². The van der Waals surface area contributed by atoms with E-state index in [4.69, 9.17) is 69.5 Å². The maximum absolute atomic E-state index is 8.63. The molecule has 1 saturated heterocycles. The summed E-state index contributed by atoms with van der Waals surface area (Å²) in [5.41, 5.74) is 5.24. The fraction of sp³-hybridized carbons (Fsp3) is 0.0606. The standard InChI is InChI=1S/C31H18ClN3S.C25H14ClN3S.C6H6BClO2.C4H8O.B/c32-21-17-15-20(16-18-21)29-33-30(23-11-5-8-19-7-1-2-9-22(19)23)35-31(34-29)25-12-6-14-27-28(25)24-10-3-4-13-26(24)36-27;26-25-28-23(17-11-5-8-15-7-1-2-9-16(15)17)27-24(29-25)19-12-6-14-21-22(19)18-10-3-4-13-20(18)30-21;8-6-3-1-5(2-4-6)7(9)10;1-2-4-5-3-1;/h1-18H;1-14H;1-4,9-10H;1-4H2;. The third-order valence-electron chi connectivity index (χ3n) is 13.7. The average molecular weight is 1160 g/mol. The highest BCUT2D eigenvalue weighted by atomic mass is 35.5. The molecular weight excluding hydrogens is 1120 g/mol. The maximum atomic E-state index is 8.63. The van der Waals surface area contributed by atoms with Crippen molar-refractivity contribution in [1.29, 1.82) is 0 Å². The number of thiophene rings is 2. The Kier molecular flexibility index (Phi) is 17.4. The SMILES string of the molecule is C1CCOC1.Clc1ccc(-c2nc(-c3cccc4ccccc34)nc(-c3cccc4sc5ccccc5c34)n2)cc1.Clc1nc(-c2cccc3ccccc23)nc(-c2cccc3sc4ccccc4c23)n1.OB(O)c1ccc(Cl)cc1.[B]. The van der Waals surface area contributed by atoms with Crippen molar-refractivity contribution in [3.05, 3.63) is 234 Å². The zero-order valence-corrected chi connectivity index (χ0v) is 47.6. The quantitative estimate of drug-likeness (QED) is 0.156. The molecule has 397 valence electrons. The lowest BCUT2D eigenvalue weighted by molar-refractivity contribution is 0.198. The zero-order chi connectivity index (χ0) is 55.2. The van der Waals surface area contributed by atoms with Crippen molar-refractivity contribution in [2.24, 2.45) is 0 Å². The summed E-state index contributed by atoms with van der Waals surface area (Å²) in [4.78, 5) is 28.8. The Morgan fingerprint density at radius 1 is 0.366 bits per heavy atom. The lowest BCUT2D eigenvalue weighted by Gasteiger charge is -2.11. The fourth-order valence-electron chi connectivity index (χ4n) is 9.84. The van der Waals surface area contributed by atoms with Gasteiger partial charge in [0.05, 0.1) is 0 Å². The second-order valence-electron chi connectivity index (χ2n) is 18.9. The molecule has 10 aromatic carbocycles. The van der Waals surface area contributed by atoms with E-state index in [1.54, 1.807) is 46.9 Å². The van der Waals surface area contributed by atoms with Crippen LogP contribution in [-0.4, -0.2) is 68.7 Å². The van der Waals surface area contributed by atoms with Crippen LogP contribution in [0.1, 0.15) is 12.8 Å².